The molecule has 0 aliphatic heterocycles. The zero-order chi connectivity index (χ0) is 17.5. The summed E-state index contributed by atoms with van der Waals surface area (Å²) in [4.78, 5) is 12.4. The third-order valence-corrected chi connectivity index (χ3v) is 5.27. The quantitative estimate of drug-likeness (QED) is 0.410. The summed E-state index contributed by atoms with van der Waals surface area (Å²) in [5, 5.41) is 11.8. The highest BCUT2D eigenvalue weighted by molar-refractivity contribution is 8.02. The second kappa shape index (κ2) is 8.55. The van der Waals surface area contributed by atoms with Gasteiger partial charge in [-0.3, -0.25) is 4.79 Å². The Balaban J connectivity index is 1.78. The molecule has 1 unspecified atom stereocenters. The lowest BCUT2D eigenvalue weighted by Gasteiger charge is -2.10. The highest BCUT2D eigenvalue weighted by Gasteiger charge is 2.16. The number of rotatable bonds is 6. The van der Waals surface area contributed by atoms with Gasteiger partial charge in [0, 0.05) is 11.1 Å². The summed E-state index contributed by atoms with van der Waals surface area (Å²) in [6.45, 7) is 1.82. The first-order valence-corrected chi connectivity index (χ1v) is 9.41. The van der Waals surface area contributed by atoms with Crippen molar-refractivity contribution in [2.45, 2.75) is 16.5 Å². The monoisotopic (exact) mass is 368 g/mol. The van der Waals surface area contributed by atoms with Crippen LogP contribution in [0.3, 0.4) is 0 Å². The zero-order valence-corrected chi connectivity index (χ0v) is 15.1. The lowest BCUT2D eigenvalue weighted by Crippen LogP contribution is -2.28. The summed E-state index contributed by atoms with van der Waals surface area (Å²) in [6, 6.07) is 19.6. The third kappa shape index (κ3) is 4.74. The largest absolute Gasteiger partial charge is 0.272 e. The Morgan fingerprint density at radius 2 is 1.68 bits per heavy atom. The number of thioether (sulfide) groups is 1. The molecule has 1 amide bonds. The first-order chi connectivity index (χ1) is 12.2. The van der Waals surface area contributed by atoms with Crippen LogP contribution in [0.4, 0.5) is 0 Å². The molecule has 0 bridgehead atoms. The number of nitrogens with zero attached hydrogens (tertiary/aromatic N) is 3. The van der Waals surface area contributed by atoms with Crippen LogP contribution in [0, 0.1) is 0 Å². The van der Waals surface area contributed by atoms with E-state index in [1.807, 2.05) is 67.6 Å². The van der Waals surface area contributed by atoms with Crippen LogP contribution in [0.1, 0.15) is 18.1 Å². The van der Waals surface area contributed by atoms with Gasteiger partial charge in [0.1, 0.15) is 5.51 Å². The van der Waals surface area contributed by atoms with Crippen molar-refractivity contribution in [1.82, 2.24) is 15.6 Å². The van der Waals surface area contributed by atoms with Crippen LogP contribution in [-0.4, -0.2) is 27.1 Å². The molecular formula is C18H16N4OS2. The predicted octanol–water partition coefficient (Wildman–Crippen LogP) is 3.59. The smallest absolute Gasteiger partial charge is 0.253 e. The lowest BCUT2D eigenvalue weighted by atomic mass is 10.0. The van der Waals surface area contributed by atoms with E-state index in [4.69, 9.17) is 0 Å². The fourth-order valence-electron chi connectivity index (χ4n) is 2.11. The Bertz CT molecular complexity index is 795. The van der Waals surface area contributed by atoms with Crippen LogP contribution >= 0.6 is 23.1 Å². The summed E-state index contributed by atoms with van der Waals surface area (Å²) in [6.07, 6.45) is 0. The van der Waals surface area contributed by atoms with Gasteiger partial charge in [-0.15, -0.1) is 10.2 Å². The van der Waals surface area contributed by atoms with Gasteiger partial charge in [0.2, 0.25) is 0 Å². The second-order valence-corrected chi connectivity index (χ2v) is 7.55. The number of hydrogen-bond acceptors (Lipinski definition) is 6. The van der Waals surface area contributed by atoms with Crippen molar-refractivity contribution in [3.8, 4) is 0 Å². The third-order valence-electron chi connectivity index (χ3n) is 3.36. The summed E-state index contributed by atoms with van der Waals surface area (Å²) < 4.78 is 0.762. The van der Waals surface area contributed by atoms with Crippen LogP contribution in [-0.2, 0) is 4.79 Å². The minimum atomic E-state index is -0.315. The Labute approximate surface area is 154 Å². The standard InChI is InChI=1S/C18H16N4OS2/c1-13(25-18-22-19-12-24-18)17(23)21-20-16(14-8-4-2-5-9-14)15-10-6-3-7-11-15/h2-13H,1H3,(H,21,23). The van der Waals surface area contributed by atoms with Crippen molar-refractivity contribution >= 4 is 34.7 Å². The van der Waals surface area contributed by atoms with Gasteiger partial charge in [-0.25, -0.2) is 5.43 Å². The predicted molar refractivity (Wildman–Crippen MR) is 102 cm³/mol. The summed E-state index contributed by atoms with van der Waals surface area (Å²) in [7, 11) is 0. The molecule has 0 aliphatic rings. The SMILES string of the molecule is CC(Sc1nncs1)C(=O)NN=C(c1ccccc1)c1ccccc1. The number of aromatic nitrogens is 2. The number of benzene rings is 2. The minimum absolute atomic E-state index is 0.176. The van der Waals surface area contributed by atoms with Gasteiger partial charge in [-0.1, -0.05) is 83.8 Å². The average Bonchev–Trinajstić information content (AvgIpc) is 3.16. The van der Waals surface area contributed by atoms with Gasteiger partial charge in [-0.2, -0.15) is 5.10 Å². The Hall–Kier alpha value is -2.51. The molecule has 0 saturated carbocycles. The van der Waals surface area contributed by atoms with Gasteiger partial charge in [-0.05, 0) is 6.92 Å². The van der Waals surface area contributed by atoms with Crippen LogP contribution in [0.2, 0.25) is 0 Å². The van der Waals surface area contributed by atoms with Crippen molar-refractivity contribution in [3.05, 3.63) is 77.3 Å². The molecule has 126 valence electrons. The van der Waals surface area contributed by atoms with Crippen molar-refractivity contribution < 1.29 is 4.79 Å². The highest BCUT2D eigenvalue weighted by atomic mass is 32.2. The molecule has 5 nitrogen and oxygen atoms in total. The molecule has 0 radical (unpaired) electrons. The van der Waals surface area contributed by atoms with E-state index in [-0.39, 0.29) is 11.2 Å². The van der Waals surface area contributed by atoms with E-state index in [1.165, 1.54) is 23.1 Å². The van der Waals surface area contributed by atoms with E-state index in [1.54, 1.807) is 5.51 Å². The van der Waals surface area contributed by atoms with Crippen LogP contribution in [0.15, 0.2) is 75.6 Å². The maximum absolute atomic E-state index is 12.4. The summed E-state index contributed by atoms with van der Waals surface area (Å²) >= 11 is 2.78. The molecule has 3 aromatic rings. The van der Waals surface area contributed by atoms with E-state index < -0.39 is 0 Å². The van der Waals surface area contributed by atoms with Gasteiger partial charge >= 0.3 is 0 Å². The molecule has 3 rings (SSSR count). The van der Waals surface area contributed by atoms with E-state index in [0.717, 1.165) is 21.2 Å². The molecule has 0 fully saturated rings. The van der Waals surface area contributed by atoms with Crippen molar-refractivity contribution in [3.63, 3.8) is 0 Å². The van der Waals surface area contributed by atoms with Crippen LogP contribution in [0.25, 0.3) is 0 Å². The summed E-state index contributed by atoms with van der Waals surface area (Å²) in [5.41, 5.74) is 6.93. The number of nitrogens with one attached hydrogen (secondary N) is 1. The Kier molecular flexibility index (Phi) is 5.92. The van der Waals surface area contributed by atoms with E-state index in [9.17, 15) is 4.79 Å². The number of hydrogen-bond donors (Lipinski definition) is 1. The fraction of sp³-hybridized carbons (Fsp3) is 0.111. The van der Waals surface area contributed by atoms with E-state index in [0.29, 0.717) is 0 Å². The minimum Gasteiger partial charge on any atom is -0.272 e. The maximum Gasteiger partial charge on any atom is 0.253 e. The number of carbonyl (C=O) groups excluding carboxylic acids is 1. The van der Waals surface area contributed by atoms with Gasteiger partial charge in [0.05, 0.1) is 11.0 Å². The van der Waals surface area contributed by atoms with Gasteiger partial charge in [0.15, 0.2) is 4.34 Å². The Morgan fingerprint density at radius 3 is 2.20 bits per heavy atom. The lowest BCUT2D eigenvalue weighted by molar-refractivity contribution is -0.120. The van der Waals surface area contributed by atoms with Crippen molar-refractivity contribution in [2.24, 2.45) is 5.10 Å². The molecule has 25 heavy (non-hydrogen) atoms. The molecule has 0 spiro atoms. The number of amides is 1. The molecule has 1 aromatic heterocycles. The first kappa shape index (κ1) is 17.3. The van der Waals surface area contributed by atoms with Gasteiger partial charge < -0.3 is 0 Å². The maximum atomic E-state index is 12.4. The van der Waals surface area contributed by atoms with Crippen molar-refractivity contribution in [2.75, 3.05) is 0 Å². The average molecular weight is 368 g/mol. The number of hydrazone groups is 1. The van der Waals surface area contributed by atoms with E-state index >= 15 is 0 Å². The molecular weight excluding hydrogens is 352 g/mol. The molecule has 1 atom stereocenters. The fourth-order valence-corrected chi connectivity index (χ4v) is 3.73. The molecule has 2 aromatic carbocycles. The summed E-state index contributed by atoms with van der Waals surface area (Å²) in [5.74, 6) is -0.176. The molecule has 1 N–H and O–H groups in total. The molecule has 7 heteroatoms. The van der Waals surface area contributed by atoms with Crippen LogP contribution < -0.4 is 5.43 Å². The van der Waals surface area contributed by atoms with Crippen molar-refractivity contribution in [1.29, 1.82) is 0 Å². The van der Waals surface area contributed by atoms with Gasteiger partial charge in [0.25, 0.3) is 5.91 Å². The highest BCUT2D eigenvalue weighted by Crippen LogP contribution is 2.24. The molecule has 1 heterocycles. The zero-order valence-electron chi connectivity index (χ0n) is 13.5. The second-order valence-electron chi connectivity index (χ2n) is 5.13. The molecule has 0 saturated heterocycles. The van der Waals surface area contributed by atoms with Crippen LogP contribution in [0.5, 0.6) is 0 Å². The number of carbonyl (C=O) groups is 1. The normalized spacial score (nSPS) is 11.6. The molecule has 0 aliphatic carbocycles. The first-order valence-electron chi connectivity index (χ1n) is 7.65. The Morgan fingerprint density at radius 1 is 1.08 bits per heavy atom. The topological polar surface area (TPSA) is 67.2 Å². The van der Waals surface area contributed by atoms with E-state index in [2.05, 4.69) is 20.7 Å².